The van der Waals surface area contributed by atoms with Crippen molar-refractivity contribution in [3.05, 3.63) is 59.4 Å². The molecular formula is C22H22FN3O3S. The molecule has 30 heavy (non-hydrogen) atoms. The van der Waals surface area contributed by atoms with E-state index in [1.54, 1.807) is 29.0 Å². The molecule has 0 saturated carbocycles. The summed E-state index contributed by atoms with van der Waals surface area (Å²) < 4.78 is 19.4. The maximum absolute atomic E-state index is 13.0. The molecule has 1 N–H and O–H groups in total. The minimum Gasteiger partial charge on any atom is -0.448 e. The van der Waals surface area contributed by atoms with Gasteiger partial charge in [0.1, 0.15) is 12.4 Å². The highest BCUT2D eigenvalue weighted by Gasteiger charge is 2.25. The fourth-order valence-corrected chi connectivity index (χ4v) is 4.28. The van der Waals surface area contributed by atoms with Crippen molar-refractivity contribution in [2.24, 2.45) is 5.92 Å². The first-order valence-electron chi connectivity index (χ1n) is 9.87. The van der Waals surface area contributed by atoms with Crippen LogP contribution in [0.25, 0.3) is 10.2 Å². The summed E-state index contributed by atoms with van der Waals surface area (Å²) in [5.41, 5.74) is 3.82. The van der Waals surface area contributed by atoms with Crippen molar-refractivity contribution >= 4 is 39.1 Å². The second-order valence-corrected chi connectivity index (χ2v) is 8.17. The van der Waals surface area contributed by atoms with Crippen LogP contribution >= 0.6 is 11.3 Å². The normalized spacial score (nSPS) is 15.2. The molecule has 1 aliphatic rings. The SMILES string of the molecule is O=C(Nc1ccc2scnc2c1)OCCN1CCC(C(=O)c2ccc(F)cc2)CC1. The van der Waals surface area contributed by atoms with Gasteiger partial charge < -0.3 is 4.74 Å². The molecule has 1 aromatic heterocycles. The number of carbonyl (C=O) groups is 2. The number of rotatable bonds is 6. The van der Waals surface area contributed by atoms with Crippen molar-refractivity contribution in [3.8, 4) is 0 Å². The van der Waals surface area contributed by atoms with Crippen LogP contribution in [-0.2, 0) is 4.74 Å². The number of ether oxygens (including phenoxy) is 1. The number of benzene rings is 2. The molecule has 0 atom stereocenters. The first-order valence-corrected chi connectivity index (χ1v) is 10.8. The largest absolute Gasteiger partial charge is 0.448 e. The lowest BCUT2D eigenvalue weighted by Crippen LogP contribution is -2.38. The van der Waals surface area contributed by atoms with Gasteiger partial charge in [0.2, 0.25) is 0 Å². The van der Waals surface area contributed by atoms with Crippen molar-refractivity contribution in [2.75, 3.05) is 31.6 Å². The van der Waals surface area contributed by atoms with E-state index in [0.29, 0.717) is 17.8 Å². The zero-order chi connectivity index (χ0) is 20.9. The number of piperidine rings is 1. The average Bonchev–Trinajstić information content (AvgIpc) is 3.22. The number of nitrogens with one attached hydrogen (secondary N) is 1. The number of fused-ring (bicyclic) bond motifs is 1. The van der Waals surface area contributed by atoms with Gasteiger partial charge in [0.25, 0.3) is 0 Å². The summed E-state index contributed by atoms with van der Waals surface area (Å²) in [5, 5.41) is 2.72. The molecular weight excluding hydrogens is 405 g/mol. The summed E-state index contributed by atoms with van der Waals surface area (Å²) in [5.74, 6) is -0.312. The van der Waals surface area contributed by atoms with E-state index in [2.05, 4.69) is 15.2 Å². The predicted octanol–water partition coefficient (Wildman–Crippen LogP) is 4.58. The van der Waals surface area contributed by atoms with Gasteiger partial charge in [0.05, 0.1) is 15.7 Å². The first-order chi connectivity index (χ1) is 14.6. The zero-order valence-corrected chi connectivity index (χ0v) is 17.2. The lowest BCUT2D eigenvalue weighted by molar-refractivity contribution is 0.0813. The lowest BCUT2D eigenvalue weighted by Gasteiger charge is -2.31. The second kappa shape index (κ2) is 9.32. The van der Waals surface area contributed by atoms with Gasteiger partial charge in [-0.25, -0.2) is 14.2 Å². The van der Waals surface area contributed by atoms with Crippen LogP contribution in [0.4, 0.5) is 14.9 Å². The van der Waals surface area contributed by atoms with E-state index in [1.807, 2.05) is 18.2 Å². The van der Waals surface area contributed by atoms with E-state index in [4.69, 9.17) is 4.74 Å². The van der Waals surface area contributed by atoms with Crippen LogP contribution in [0.3, 0.4) is 0 Å². The number of nitrogens with zero attached hydrogens (tertiary/aromatic N) is 2. The van der Waals surface area contributed by atoms with Crippen molar-refractivity contribution in [3.63, 3.8) is 0 Å². The zero-order valence-electron chi connectivity index (χ0n) is 16.3. The van der Waals surface area contributed by atoms with E-state index < -0.39 is 6.09 Å². The molecule has 1 fully saturated rings. The lowest BCUT2D eigenvalue weighted by atomic mass is 9.89. The Kier molecular flexibility index (Phi) is 6.35. The number of hydrogen-bond acceptors (Lipinski definition) is 6. The van der Waals surface area contributed by atoms with Gasteiger partial charge in [-0.05, 0) is 68.4 Å². The number of aromatic nitrogens is 1. The number of Topliss-reactive ketones (excluding diaryl/α,β-unsaturated/α-hetero) is 1. The summed E-state index contributed by atoms with van der Waals surface area (Å²) in [4.78, 5) is 31.0. The van der Waals surface area contributed by atoms with E-state index in [9.17, 15) is 14.0 Å². The minimum atomic E-state index is -0.494. The van der Waals surface area contributed by atoms with Gasteiger partial charge in [-0.3, -0.25) is 15.0 Å². The molecule has 2 heterocycles. The van der Waals surface area contributed by atoms with Gasteiger partial charge >= 0.3 is 6.09 Å². The number of likely N-dealkylation sites (tertiary alicyclic amines) is 1. The number of halogens is 1. The topological polar surface area (TPSA) is 71.5 Å². The Bertz CT molecular complexity index is 1030. The van der Waals surface area contributed by atoms with Gasteiger partial charge in [0.15, 0.2) is 5.78 Å². The average molecular weight is 428 g/mol. The number of hydrogen-bond donors (Lipinski definition) is 1. The third-order valence-electron chi connectivity index (χ3n) is 5.30. The van der Waals surface area contributed by atoms with Crippen LogP contribution < -0.4 is 5.32 Å². The Labute approximate surface area is 177 Å². The van der Waals surface area contributed by atoms with E-state index >= 15 is 0 Å². The summed E-state index contributed by atoms with van der Waals surface area (Å²) in [7, 11) is 0. The molecule has 0 unspecified atom stereocenters. The smallest absolute Gasteiger partial charge is 0.411 e. The summed E-state index contributed by atoms with van der Waals surface area (Å²) in [6.07, 6.45) is 0.998. The van der Waals surface area contributed by atoms with Crippen LogP contribution in [0.2, 0.25) is 0 Å². The first kappa shape index (κ1) is 20.4. The summed E-state index contributed by atoms with van der Waals surface area (Å²) >= 11 is 1.55. The highest BCUT2D eigenvalue weighted by molar-refractivity contribution is 7.16. The Morgan fingerprint density at radius 2 is 1.93 bits per heavy atom. The minimum absolute atomic E-state index is 0.0449. The molecule has 6 nitrogen and oxygen atoms in total. The molecule has 0 bridgehead atoms. The maximum Gasteiger partial charge on any atom is 0.411 e. The molecule has 8 heteroatoms. The fourth-order valence-electron chi connectivity index (χ4n) is 3.63. The van der Waals surface area contributed by atoms with Crippen LogP contribution in [0.15, 0.2) is 48.0 Å². The molecule has 2 aromatic carbocycles. The molecule has 1 saturated heterocycles. The molecule has 0 spiro atoms. The van der Waals surface area contributed by atoms with Crippen LogP contribution in [-0.4, -0.2) is 48.0 Å². The second-order valence-electron chi connectivity index (χ2n) is 7.28. The van der Waals surface area contributed by atoms with Gasteiger partial charge in [-0.15, -0.1) is 11.3 Å². The standard InChI is InChI=1S/C22H22FN3O3S/c23-17-3-1-15(2-4-17)21(27)16-7-9-26(10-8-16)11-12-29-22(28)25-18-5-6-20-19(13-18)24-14-30-20/h1-6,13-14,16H,7-12H2,(H,25,28). The Hall–Kier alpha value is -2.84. The fraction of sp³-hybridized carbons (Fsp3) is 0.318. The van der Waals surface area contributed by atoms with Crippen LogP contribution in [0, 0.1) is 11.7 Å². The highest BCUT2D eigenvalue weighted by atomic mass is 32.1. The third-order valence-corrected chi connectivity index (χ3v) is 6.11. The van der Waals surface area contributed by atoms with Crippen molar-refractivity contribution < 1.29 is 18.7 Å². The molecule has 0 aliphatic carbocycles. The highest BCUT2D eigenvalue weighted by Crippen LogP contribution is 2.23. The Balaban J connectivity index is 1.18. The Morgan fingerprint density at radius 3 is 2.70 bits per heavy atom. The summed E-state index contributed by atoms with van der Waals surface area (Å²) in [6.45, 7) is 2.43. The van der Waals surface area contributed by atoms with Crippen LogP contribution in [0.1, 0.15) is 23.2 Å². The van der Waals surface area contributed by atoms with E-state index in [0.717, 1.165) is 36.1 Å². The maximum atomic E-state index is 13.0. The van der Waals surface area contributed by atoms with E-state index in [-0.39, 0.29) is 24.1 Å². The van der Waals surface area contributed by atoms with Crippen LogP contribution in [0.5, 0.6) is 0 Å². The van der Waals surface area contributed by atoms with Gasteiger partial charge in [-0.2, -0.15) is 0 Å². The molecule has 4 rings (SSSR count). The van der Waals surface area contributed by atoms with Crippen molar-refractivity contribution in [1.29, 1.82) is 0 Å². The number of carbonyl (C=O) groups excluding carboxylic acids is 2. The quantitative estimate of drug-likeness (QED) is 0.583. The monoisotopic (exact) mass is 427 g/mol. The number of anilines is 1. The molecule has 1 aliphatic heterocycles. The molecule has 1 amide bonds. The summed E-state index contributed by atoms with van der Waals surface area (Å²) in [6, 6.07) is 11.3. The van der Waals surface area contributed by atoms with Crippen molar-refractivity contribution in [2.45, 2.75) is 12.8 Å². The van der Waals surface area contributed by atoms with E-state index in [1.165, 1.54) is 12.1 Å². The number of amides is 1. The molecule has 0 radical (unpaired) electrons. The Morgan fingerprint density at radius 1 is 1.17 bits per heavy atom. The van der Waals surface area contributed by atoms with Crippen molar-refractivity contribution in [1.82, 2.24) is 9.88 Å². The molecule has 156 valence electrons. The molecule has 3 aromatic rings. The third kappa shape index (κ3) is 5.01. The number of thiazole rings is 1. The number of ketones is 1. The van der Waals surface area contributed by atoms with Gasteiger partial charge in [-0.1, -0.05) is 0 Å². The van der Waals surface area contributed by atoms with Gasteiger partial charge in [0, 0.05) is 23.7 Å². The predicted molar refractivity (Wildman–Crippen MR) is 114 cm³/mol.